The summed E-state index contributed by atoms with van der Waals surface area (Å²) in [4.78, 5) is 0. The monoisotopic (exact) mass is 342 g/mol. The van der Waals surface area contributed by atoms with E-state index in [0.29, 0.717) is 23.8 Å². The molecule has 0 amide bonds. The number of nitrogens with two attached hydrogens (primary N) is 1. The van der Waals surface area contributed by atoms with Crippen LogP contribution in [0.25, 0.3) is 0 Å². The maximum atomic E-state index is 5.83. The molecule has 0 aromatic heterocycles. The average molecular weight is 343 g/mol. The van der Waals surface area contributed by atoms with E-state index in [-0.39, 0.29) is 17.4 Å². The summed E-state index contributed by atoms with van der Waals surface area (Å²) in [7, 11) is -1.34. The third kappa shape index (κ3) is 8.42. The fourth-order valence-electron chi connectivity index (χ4n) is 2.78. The number of nitrogens with one attached hydrogen (secondary N) is 4. The van der Waals surface area contributed by atoms with Crippen molar-refractivity contribution in [1.29, 1.82) is 0 Å². The van der Waals surface area contributed by atoms with Gasteiger partial charge in [0.05, 0.1) is 8.07 Å². The Morgan fingerprint density at radius 1 is 0.818 bits per heavy atom. The van der Waals surface area contributed by atoms with Crippen molar-refractivity contribution >= 4 is 25.4 Å². The van der Waals surface area contributed by atoms with Gasteiger partial charge in [-0.2, -0.15) is 0 Å². The zero-order chi connectivity index (χ0) is 15.9. The summed E-state index contributed by atoms with van der Waals surface area (Å²) in [6.45, 7) is 16.6. The fourth-order valence-corrected chi connectivity index (χ4v) is 5.21. The van der Waals surface area contributed by atoms with Crippen LogP contribution in [0.4, 0.5) is 0 Å². The molecule has 1 rings (SSSR count). The first-order valence-corrected chi connectivity index (χ1v) is 11.8. The third-order valence-corrected chi connectivity index (χ3v) is 8.49. The fraction of sp³-hybridized carbons (Fsp3) is 1.00. The maximum absolute atomic E-state index is 5.83. The summed E-state index contributed by atoms with van der Waals surface area (Å²) >= 11 is 0. The molecule has 3 radical (unpaired) electrons. The van der Waals surface area contributed by atoms with Crippen molar-refractivity contribution in [2.24, 2.45) is 5.73 Å². The highest BCUT2D eigenvalue weighted by Gasteiger charge is 2.31. The predicted molar refractivity (Wildman–Crippen MR) is 101 cm³/mol. The zero-order valence-corrected chi connectivity index (χ0v) is 17.4. The van der Waals surface area contributed by atoms with Crippen molar-refractivity contribution < 1.29 is 0 Å². The molecule has 1 heterocycles. The van der Waals surface area contributed by atoms with Crippen LogP contribution in [-0.4, -0.2) is 81.9 Å². The quantitative estimate of drug-likeness (QED) is 0.456. The number of rotatable bonds is 3. The van der Waals surface area contributed by atoms with Gasteiger partial charge in [-0.25, -0.2) is 0 Å². The molecule has 1 aliphatic heterocycles. The standard InChI is InChI=1S/C15H37N5Si.Al/c1-12-8-18-14(3)10-20-15(21(4,5)7-6-16)11-19-13(2)9-17-12;/h12-15,17-20H,6-11,16H2,1-5H3;. The van der Waals surface area contributed by atoms with E-state index in [4.69, 9.17) is 5.73 Å². The Morgan fingerprint density at radius 2 is 1.23 bits per heavy atom. The van der Waals surface area contributed by atoms with Gasteiger partial charge >= 0.3 is 0 Å². The van der Waals surface area contributed by atoms with Crippen LogP contribution in [0, 0.1) is 0 Å². The van der Waals surface area contributed by atoms with Crippen LogP contribution in [0.5, 0.6) is 0 Å². The SMILES string of the molecule is CC1CNC(C)CNC([Si](C)(C)CCN)CNC(C)CN1.[Al]. The molecule has 22 heavy (non-hydrogen) atoms. The lowest BCUT2D eigenvalue weighted by atomic mass is 10.2. The van der Waals surface area contributed by atoms with Gasteiger partial charge in [0.15, 0.2) is 0 Å². The van der Waals surface area contributed by atoms with Crippen molar-refractivity contribution in [3.63, 3.8) is 0 Å². The molecule has 0 aromatic rings. The highest BCUT2D eigenvalue weighted by molar-refractivity contribution is 6.79. The lowest BCUT2D eigenvalue weighted by Gasteiger charge is -2.36. The molecule has 129 valence electrons. The lowest BCUT2D eigenvalue weighted by molar-refractivity contribution is 0.391. The second kappa shape index (κ2) is 11.2. The lowest BCUT2D eigenvalue weighted by Crippen LogP contribution is -2.60. The molecule has 1 aliphatic rings. The van der Waals surface area contributed by atoms with Crippen LogP contribution in [0.3, 0.4) is 0 Å². The van der Waals surface area contributed by atoms with E-state index in [0.717, 1.165) is 32.7 Å². The van der Waals surface area contributed by atoms with Gasteiger partial charge in [-0.1, -0.05) is 13.1 Å². The molecule has 0 spiro atoms. The summed E-state index contributed by atoms with van der Waals surface area (Å²) < 4.78 is 0. The number of hydrogen-bond donors (Lipinski definition) is 5. The first kappa shape index (κ1) is 22.5. The van der Waals surface area contributed by atoms with E-state index < -0.39 is 8.07 Å². The van der Waals surface area contributed by atoms with Gasteiger partial charge < -0.3 is 27.0 Å². The molecule has 5 nitrogen and oxygen atoms in total. The summed E-state index contributed by atoms with van der Waals surface area (Å²) in [5.41, 5.74) is 6.40. The van der Waals surface area contributed by atoms with Crippen LogP contribution in [0.1, 0.15) is 20.8 Å². The van der Waals surface area contributed by atoms with Crippen molar-refractivity contribution in [2.45, 2.75) is 63.7 Å². The molecule has 7 heteroatoms. The van der Waals surface area contributed by atoms with E-state index >= 15 is 0 Å². The van der Waals surface area contributed by atoms with Gasteiger partial charge in [0, 0.05) is 67.3 Å². The molecule has 4 unspecified atom stereocenters. The first-order chi connectivity index (χ1) is 9.85. The minimum absolute atomic E-state index is 0. The second-order valence-electron chi connectivity index (χ2n) is 7.42. The molecular formula is C15H37AlN5Si. The minimum Gasteiger partial charge on any atom is -0.331 e. The Balaban J connectivity index is 0.00000441. The largest absolute Gasteiger partial charge is 0.331 e. The van der Waals surface area contributed by atoms with E-state index in [2.05, 4.69) is 55.1 Å². The van der Waals surface area contributed by atoms with E-state index in [9.17, 15) is 0 Å². The average Bonchev–Trinajstić information content (AvgIpc) is 2.41. The van der Waals surface area contributed by atoms with Crippen molar-refractivity contribution in [1.82, 2.24) is 21.3 Å². The zero-order valence-electron chi connectivity index (χ0n) is 15.2. The molecule has 1 saturated heterocycles. The summed E-state index contributed by atoms with van der Waals surface area (Å²) in [5.74, 6) is 0. The van der Waals surface area contributed by atoms with Gasteiger partial charge in [0.25, 0.3) is 0 Å². The Morgan fingerprint density at radius 3 is 1.68 bits per heavy atom. The Bertz CT molecular complexity index is 275. The molecular weight excluding hydrogens is 305 g/mol. The Hall–Kier alpha value is 0.549. The van der Waals surface area contributed by atoms with Gasteiger partial charge in [-0.3, -0.25) is 0 Å². The van der Waals surface area contributed by atoms with Crippen LogP contribution in [0.15, 0.2) is 0 Å². The molecule has 0 saturated carbocycles. The third-order valence-electron chi connectivity index (χ3n) is 4.62. The summed E-state index contributed by atoms with van der Waals surface area (Å²) in [6.07, 6.45) is 0. The van der Waals surface area contributed by atoms with E-state index in [1.807, 2.05) is 0 Å². The molecule has 6 N–H and O–H groups in total. The highest BCUT2D eigenvalue weighted by atomic mass is 28.3. The predicted octanol–water partition coefficient (Wildman–Crippen LogP) is -0.282. The second-order valence-corrected chi connectivity index (χ2v) is 12.6. The molecule has 4 atom stereocenters. The van der Waals surface area contributed by atoms with Crippen molar-refractivity contribution in [3.8, 4) is 0 Å². The molecule has 0 aliphatic carbocycles. The Labute approximate surface area is 149 Å². The van der Waals surface area contributed by atoms with Crippen LogP contribution >= 0.6 is 0 Å². The van der Waals surface area contributed by atoms with E-state index in [1.54, 1.807) is 0 Å². The minimum atomic E-state index is -1.34. The topological polar surface area (TPSA) is 74.1 Å². The number of hydrogen-bond acceptors (Lipinski definition) is 5. The first-order valence-electron chi connectivity index (χ1n) is 8.48. The molecule has 0 bridgehead atoms. The van der Waals surface area contributed by atoms with Crippen LogP contribution < -0.4 is 27.0 Å². The van der Waals surface area contributed by atoms with Gasteiger partial charge in [-0.05, 0) is 33.4 Å². The highest BCUT2D eigenvalue weighted by Crippen LogP contribution is 2.13. The van der Waals surface area contributed by atoms with Crippen LogP contribution in [0.2, 0.25) is 19.1 Å². The molecule has 0 aromatic carbocycles. The van der Waals surface area contributed by atoms with Crippen molar-refractivity contribution in [3.05, 3.63) is 0 Å². The summed E-state index contributed by atoms with van der Waals surface area (Å²) in [5, 5.41) is 14.7. The maximum Gasteiger partial charge on any atom is 0.0694 e. The Kier molecular flexibility index (Phi) is 11.4. The summed E-state index contributed by atoms with van der Waals surface area (Å²) in [6, 6.07) is 2.68. The van der Waals surface area contributed by atoms with Gasteiger partial charge in [0.2, 0.25) is 0 Å². The van der Waals surface area contributed by atoms with Crippen LogP contribution in [-0.2, 0) is 0 Å². The normalized spacial score (nSPS) is 32.5. The van der Waals surface area contributed by atoms with Gasteiger partial charge in [0.1, 0.15) is 0 Å². The molecule has 1 fully saturated rings. The van der Waals surface area contributed by atoms with Crippen molar-refractivity contribution in [2.75, 3.05) is 32.7 Å². The van der Waals surface area contributed by atoms with Gasteiger partial charge in [-0.15, -0.1) is 0 Å². The smallest absolute Gasteiger partial charge is 0.0694 e. The van der Waals surface area contributed by atoms with E-state index in [1.165, 1.54) is 6.04 Å².